The third kappa shape index (κ3) is 3.87. The Labute approximate surface area is 97.0 Å². The van der Waals surface area contributed by atoms with E-state index in [0.29, 0.717) is 15.6 Å². The minimum absolute atomic E-state index is 0.105. The lowest BCUT2D eigenvalue weighted by Gasteiger charge is -1.98. The summed E-state index contributed by atoms with van der Waals surface area (Å²) in [5.41, 5.74) is 7.97. The Bertz CT molecular complexity index is 393. The summed E-state index contributed by atoms with van der Waals surface area (Å²) < 4.78 is 0. The SMILES string of the molecule is NCC(=O)N/N=C/c1ccc(Cl)cc1Cl. The van der Waals surface area contributed by atoms with Crippen LogP contribution >= 0.6 is 23.2 Å². The Morgan fingerprint density at radius 2 is 2.27 bits per heavy atom. The molecule has 0 aliphatic heterocycles. The summed E-state index contributed by atoms with van der Waals surface area (Å²) in [6, 6.07) is 4.97. The molecule has 0 saturated heterocycles. The third-order valence-electron chi connectivity index (χ3n) is 1.54. The van der Waals surface area contributed by atoms with Gasteiger partial charge in [-0.1, -0.05) is 29.3 Å². The molecule has 3 N–H and O–H groups in total. The van der Waals surface area contributed by atoms with Gasteiger partial charge in [-0.25, -0.2) is 5.43 Å². The lowest BCUT2D eigenvalue weighted by molar-refractivity contribution is -0.119. The van der Waals surface area contributed by atoms with Gasteiger partial charge in [-0.3, -0.25) is 4.79 Å². The molecule has 0 spiro atoms. The van der Waals surface area contributed by atoms with Crippen molar-refractivity contribution in [3.63, 3.8) is 0 Å². The normalized spacial score (nSPS) is 10.6. The van der Waals surface area contributed by atoms with E-state index in [9.17, 15) is 4.79 Å². The van der Waals surface area contributed by atoms with Crippen molar-refractivity contribution < 1.29 is 4.79 Å². The molecule has 1 rings (SSSR count). The highest BCUT2D eigenvalue weighted by Gasteiger charge is 1.98. The minimum Gasteiger partial charge on any atom is -0.322 e. The number of halogens is 2. The number of benzene rings is 1. The van der Waals surface area contributed by atoms with Crippen LogP contribution in [0.2, 0.25) is 10.0 Å². The first-order chi connectivity index (χ1) is 7.13. The van der Waals surface area contributed by atoms with Gasteiger partial charge >= 0.3 is 0 Å². The van der Waals surface area contributed by atoms with Crippen LogP contribution in [0.5, 0.6) is 0 Å². The molecule has 0 fully saturated rings. The van der Waals surface area contributed by atoms with Gasteiger partial charge < -0.3 is 5.73 Å². The quantitative estimate of drug-likeness (QED) is 0.625. The third-order valence-corrected chi connectivity index (χ3v) is 2.10. The number of carbonyl (C=O) groups is 1. The highest BCUT2D eigenvalue weighted by molar-refractivity contribution is 6.36. The predicted octanol–water partition coefficient (Wildman–Crippen LogP) is 1.40. The second-order valence-corrected chi connectivity index (χ2v) is 3.51. The van der Waals surface area contributed by atoms with Gasteiger partial charge in [0.05, 0.1) is 17.8 Å². The maximum Gasteiger partial charge on any atom is 0.253 e. The highest BCUT2D eigenvalue weighted by atomic mass is 35.5. The molecule has 0 saturated carbocycles. The monoisotopic (exact) mass is 245 g/mol. The number of nitrogens with two attached hydrogens (primary N) is 1. The van der Waals surface area contributed by atoms with Crippen LogP contribution in [0.4, 0.5) is 0 Å². The zero-order valence-corrected chi connectivity index (χ0v) is 9.22. The van der Waals surface area contributed by atoms with Crippen LogP contribution in [0.1, 0.15) is 5.56 Å². The Morgan fingerprint density at radius 1 is 1.53 bits per heavy atom. The van der Waals surface area contributed by atoms with Crippen molar-refractivity contribution in [2.24, 2.45) is 10.8 Å². The number of nitrogens with one attached hydrogen (secondary N) is 1. The van der Waals surface area contributed by atoms with E-state index in [0.717, 1.165) is 0 Å². The molecule has 0 aliphatic carbocycles. The number of nitrogens with zero attached hydrogens (tertiary/aromatic N) is 1. The Balaban J connectivity index is 2.68. The van der Waals surface area contributed by atoms with Gasteiger partial charge in [-0.05, 0) is 12.1 Å². The van der Waals surface area contributed by atoms with Crippen molar-refractivity contribution >= 4 is 35.3 Å². The molecule has 1 amide bonds. The molecule has 6 heteroatoms. The molecule has 0 aromatic heterocycles. The maximum absolute atomic E-state index is 10.7. The summed E-state index contributed by atoms with van der Waals surface area (Å²) >= 11 is 11.6. The molecule has 0 unspecified atom stereocenters. The van der Waals surface area contributed by atoms with Crippen LogP contribution in [-0.4, -0.2) is 18.7 Å². The summed E-state index contributed by atoms with van der Waals surface area (Å²) in [6.07, 6.45) is 1.42. The standard InChI is InChI=1S/C9H9Cl2N3O/c10-7-2-1-6(8(11)3-7)5-13-14-9(15)4-12/h1-3,5H,4,12H2,(H,14,15)/b13-5+. The molecule has 0 aliphatic rings. The Kier molecular flexibility index (Phi) is 4.55. The smallest absolute Gasteiger partial charge is 0.253 e. The first kappa shape index (κ1) is 12.0. The van der Waals surface area contributed by atoms with Crippen LogP contribution in [0, 0.1) is 0 Å². The average molecular weight is 246 g/mol. The zero-order chi connectivity index (χ0) is 11.3. The van der Waals surface area contributed by atoms with Crippen LogP contribution in [0.3, 0.4) is 0 Å². The highest BCUT2D eigenvalue weighted by Crippen LogP contribution is 2.19. The second-order valence-electron chi connectivity index (χ2n) is 2.66. The fourth-order valence-electron chi connectivity index (χ4n) is 0.826. The Hall–Kier alpha value is -1.10. The molecular weight excluding hydrogens is 237 g/mol. The average Bonchev–Trinajstić information content (AvgIpc) is 2.21. The van der Waals surface area contributed by atoms with Gasteiger partial charge in [0, 0.05) is 10.6 Å². The second kappa shape index (κ2) is 5.70. The molecule has 1 aromatic carbocycles. The number of carbonyl (C=O) groups excluding carboxylic acids is 1. The van der Waals surface area contributed by atoms with Crippen LogP contribution < -0.4 is 11.2 Å². The number of hydrogen-bond acceptors (Lipinski definition) is 3. The largest absolute Gasteiger partial charge is 0.322 e. The number of hydrogen-bond donors (Lipinski definition) is 2. The van der Waals surface area contributed by atoms with E-state index in [1.807, 2.05) is 0 Å². The molecule has 4 nitrogen and oxygen atoms in total. The first-order valence-corrected chi connectivity index (χ1v) is 4.86. The minimum atomic E-state index is -0.365. The van der Waals surface area contributed by atoms with Gasteiger partial charge in [-0.15, -0.1) is 0 Å². The molecular formula is C9H9Cl2N3O. The van der Waals surface area contributed by atoms with E-state index in [1.165, 1.54) is 6.21 Å². The van der Waals surface area contributed by atoms with Gasteiger partial charge in [0.1, 0.15) is 0 Å². The fourth-order valence-corrected chi connectivity index (χ4v) is 1.28. The summed E-state index contributed by atoms with van der Waals surface area (Å²) in [5.74, 6) is -0.365. The van der Waals surface area contributed by atoms with Crippen molar-refractivity contribution in [3.8, 4) is 0 Å². The van der Waals surface area contributed by atoms with Crippen molar-refractivity contribution in [2.45, 2.75) is 0 Å². The summed E-state index contributed by atoms with van der Waals surface area (Å²) in [7, 11) is 0. The van der Waals surface area contributed by atoms with E-state index >= 15 is 0 Å². The molecule has 0 heterocycles. The molecule has 0 atom stereocenters. The summed E-state index contributed by atoms with van der Waals surface area (Å²) in [5, 5.41) is 4.68. The van der Waals surface area contributed by atoms with E-state index in [4.69, 9.17) is 28.9 Å². The predicted molar refractivity (Wildman–Crippen MR) is 61.3 cm³/mol. The van der Waals surface area contributed by atoms with Crippen molar-refractivity contribution in [2.75, 3.05) is 6.54 Å². The van der Waals surface area contributed by atoms with Crippen LogP contribution in [0.15, 0.2) is 23.3 Å². The molecule has 15 heavy (non-hydrogen) atoms. The van der Waals surface area contributed by atoms with Crippen molar-refractivity contribution in [3.05, 3.63) is 33.8 Å². The van der Waals surface area contributed by atoms with E-state index < -0.39 is 0 Å². The van der Waals surface area contributed by atoms with Crippen molar-refractivity contribution in [1.82, 2.24) is 5.43 Å². The van der Waals surface area contributed by atoms with Crippen LogP contribution in [-0.2, 0) is 4.79 Å². The van der Waals surface area contributed by atoms with Gasteiger partial charge in [0.2, 0.25) is 0 Å². The fraction of sp³-hybridized carbons (Fsp3) is 0.111. The lowest BCUT2D eigenvalue weighted by atomic mass is 10.2. The van der Waals surface area contributed by atoms with E-state index in [1.54, 1.807) is 18.2 Å². The molecule has 0 bridgehead atoms. The lowest BCUT2D eigenvalue weighted by Crippen LogP contribution is -2.26. The Morgan fingerprint density at radius 3 is 2.87 bits per heavy atom. The van der Waals surface area contributed by atoms with Crippen molar-refractivity contribution in [1.29, 1.82) is 0 Å². The molecule has 1 aromatic rings. The number of hydrazone groups is 1. The topological polar surface area (TPSA) is 67.5 Å². The van der Waals surface area contributed by atoms with Gasteiger partial charge in [-0.2, -0.15) is 5.10 Å². The van der Waals surface area contributed by atoms with Crippen LogP contribution in [0.25, 0.3) is 0 Å². The molecule has 80 valence electrons. The zero-order valence-electron chi connectivity index (χ0n) is 7.71. The number of rotatable bonds is 3. The number of amides is 1. The summed E-state index contributed by atoms with van der Waals surface area (Å²) in [4.78, 5) is 10.7. The summed E-state index contributed by atoms with van der Waals surface area (Å²) in [6.45, 7) is -0.105. The van der Waals surface area contributed by atoms with Gasteiger partial charge in [0.15, 0.2) is 0 Å². The van der Waals surface area contributed by atoms with E-state index in [-0.39, 0.29) is 12.5 Å². The maximum atomic E-state index is 10.7. The van der Waals surface area contributed by atoms with E-state index in [2.05, 4.69) is 10.5 Å². The van der Waals surface area contributed by atoms with Gasteiger partial charge in [0.25, 0.3) is 5.91 Å². The first-order valence-electron chi connectivity index (χ1n) is 4.10. The molecule has 0 radical (unpaired) electrons.